The molecule has 0 radical (unpaired) electrons. The topological polar surface area (TPSA) is 104 Å². The zero-order valence-corrected chi connectivity index (χ0v) is 19.4. The standard InChI is InChI=1S/C22H11Cl4N5O2/c23-11-2-5-13(16(25)8-11)20-29-28-19(32-20)10-1-4-15(18(27)7-10)22-31-30-21(33-22)14-6-3-12(24)9-17(14)26/h1-9H,27H2. The van der Waals surface area contributed by atoms with Crippen LogP contribution in [0.15, 0.2) is 63.4 Å². The van der Waals surface area contributed by atoms with Crippen LogP contribution in [-0.4, -0.2) is 20.4 Å². The summed E-state index contributed by atoms with van der Waals surface area (Å²) in [5.41, 5.74) is 8.93. The number of aromatic nitrogens is 4. The highest BCUT2D eigenvalue weighted by Crippen LogP contribution is 2.35. The van der Waals surface area contributed by atoms with Crippen molar-refractivity contribution in [2.75, 3.05) is 5.73 Å². The van der Waals surface area contributed by atoms with Crippen molar-refractivity contribution < 1.29 is 8.83 Å². The van der Waals surface area contributed by atoms with E-state index in [0.717, 1.165) is 0 Å². The molecule has 0 unspecified atom stereocenters. The molecule has 0 spiro atoms. The van der Waals surface area contributed by atoms with Crippen LogP contribution in [0.5, 0.6) is 0 Å². The van der Waals surface area contributed by atoms with Crippen LogP contribution >= 0.6 is 46.4 Å². The average molecular weight is 519 g/mol. The lowest BCUT2D eigenvalue weighted by atomic mass is 10.1. The first kappa shape index (κ1) is 21.7. The largest absolute Gasteiger partial charge is 0.416 e. The molecule has 3 aromatic carbocycles. The normalized spacial score (nSPS) is 11.2. The number of nitrogens with zero attached hydrogens (tertiary/aromatic N) is 4. The molecule has 164 valence electrons. The summed E-state index contributed by atoms with van der Waals surface area (Å²) in [5.74, 6) is 1.01. The molecule has 0 saturated heterocycles. The zero-order chi connectivity index (χ0) is 23.1. The number of nitrogens with two attached hydrogens (primary N) is 1. The van der Waals surface area contributed by atoms with E-state index in [2.05, 4.69) is 20.4 Å². The Hall–Kier alpha value is -3.10. The van der Waals surface area contributed by atoms with Gasteiger partial charge in [0.2, 0.25) is 23.6 Å². The smallest absolute Gasteiger partial charge is 0.250 e. The zero-order valence-electron chi connectivity index (χ0n) is 16.4. The van der Waals surface area contributed by atoms with E-state index in [0.29, 0.717) is 48.0 Å². The highest BCUT2D eigenvalue weighted by molar-refractivity contribution is 6.36. The van der Waals surface area contributed by atoms with Crippen molar-refractivity contribution in [3.63, 3.8) is 0 Å². The summed E-state index contributed by atoms with van der Waals surface area (Å²) in [7, 11) is 0. The third-order valence-corrected chi connectivity index (χ3v) is 5.80. The van der Waals surface area contributed by atoms with E-state index in [-0.39, 0.29) is 23.6 Å². The summed E-state index contributed by atoms with van der Waals surface area (Å²) < 4.78 is 11.6. The van der Waals surface area contributed by atoms with Gasteiger partial charge in [-0.3, -0.25) is 0 Å². The summed E-state index contributed by atoms with van der Waals surface area (Å²) in [6.45, 7) is 0. The molecule has 5 rings (SSSR count). The molecule has 33 heavy (non-hydrogen) atoms. The quantitative estimate of drug-likeness (QED) is 0.248. The maximum Gasteiger partial charge on any atom is 0.250 e. The molecule has 0 saturated carbocycles. The van der Waals surface area contributed by atoms with Gasteiger partial charge in [-0.05, 0) is 54.6 Å². The van der Waals surface area contributed by atoms with Crippen molar-refractivity contribution in [3.05, 3.63) is 74.7 Å². The summed E-state index contributed by atoms with van der Waals surface area (Å²) in [4.78, 5) is 0. The molecule has 0 aliphatic rings. The summed E-state index contributed by atoms with van der Waals surface area (Å²) >= 11 is 24.3. The highest BCUT2D eigenvalue weighted by Gasteiger charge is 2.18. The van der Waals surface area contributed by atoms with Gasteiger partial charge in [0.05, 0.1) is 26.7 Å². The van der Waals surface area contributed by atoms with Gasteiger partial charge >= 0.3 is 0 Å². The number of anilines is 1. The second kappa shape index (κ2) is 8.68. The lowest BCUT2D eigenvalue weighted by molar-refractivity contribution is 0.583. The minimum absolute atomic E-state index is 0.235. The van der Waals surface area contributed by atoms with Gasteiger partial charge in [0, 0.05) is 21.3 Å². The lowest BCUT2D eigenvalue weighted by Gasteiger charge is -2.03. The number of hydrogen-bond acceptors (Lipinski definition) is 7. The molecule has 0 fully saturated rings. The Morgan fingerprint density at radius 1 is 0.545 bits per heavy atom. The molecule has 11 heteroatoms. The van der Waals surface area contributed by atoms with Gasteiger partial charge in [-0.25, -0.2) is 0 Å². The van der Waals surface area contributed by atoms with Gasteiger partial charge < -0.3 is 14.6 Å². The van der Waals surface area contributed by atoms with Crippen LogP contribution in [0, 0.1) is 0 Å². The van der Waals surface area contributed by atoms with Gasteiger partial charge in [-0.1, -0.05) is 46.4 Å². The molecular weight excluding hydrogens is 508 g/mol. The Kier molecular flexibility index (Phi) is 5.72. The van der Waals surface area contributed by atoms with Crippen molar-refractivity contribution in [1.29, 1.82) is 0 Å². The predicted molar refractivity (Wildman–Crippen MR) is 128 cm³/mol. The number of halogens is 4. The second-order valence-electron chi connectivity index (χ2n) is 6.88. The van der Waals surface area contributed by atoms with Gasteiger partial charge in [-0.15, -0.1) is 20.4 Å². The molecule has 0 aliphatic heterocycles. The average Bonchev–Trinajstić information content (AvgIpc) is 3.44. The van der Waals surface area contributed by atoms with Crippen molar-refractivity contribution in [1.82, 2.24) is 20.4 Å². The van der Waals surface area contributed by atoms with Crippen molar-refractivity contribution >= 4 is 52.1 Å². The first-order valence-electron chi connectivity index (χ1n) is 9.37. The third kappa shape index (κ3) is 4.28. The fraction of sp³-hybridized carbons (Fsp3) is 0. The fourth-order valence-corrected chi connectivity index (χ4v) is 4.08. The van der Waals surface area contributed by atoms with Gasteiger partial charge in [0.1, 0.15) is 0 Å². The van der Waals surface area contributed by atoms with Gasteiger partial charge in [0.15, 0.2) is 0 Å². The molecule has 0 aliphatic carbocycles. The van der Waals surface area contributed by atoms with Crippen LogP contribution in [0.3, 0.4) is 0 Å². The molecule has 5 aromatic rings. The van der Waals surface area contributed by atoms with Crippen LogP contribution in [-0.2, 0) is 0 Å². The van der Waals surface area contributed by atoms with Crippen molar-refractivity contribution in [2.24, 2.45) is 0 Å². The first-order valence-corrected chi connectivity index (χ1v) is 10.9. The molecule has 2 N–H and O–H groups in total. The minimum Gasteiger partial charge on any atom is -0.416 e. The number of benzene rings is 3. The van der Waals surface area contributed by atoms with E-state index in [4.69, 9.17) is 61.0 Å². The number of hydrogen-bond donors (Lipinski definition) is 1. The maximum atomic E-state index is 6.25. The lowest BCUT2D eigenvalue weighted by Crippen LogP contribution is -1.91. The van der Waals surface area contributed by atoms with Crippen LogP contribution in [0.25, 0.3) is 45.8 Å². The number of nitrogen functional groups attached to an aromatic ring is 1. The molecule has 2 aromatic heterocycles. The van der Waals surface area contributed by atoms with E-state index in [9.17, 15) is 0 Å². The summed E-state index contributed by atoms with van der Waals surface area (Å²) in [6, 6.07) is 15.1. The van der Waals surface area contributed by atoms with E-state index in [1.165, 1.54) is 0 Å². The van der Waals surface area contributed by atoms with Gasteiger partial charge in [0.25, 0.3) is 0 Å². The van der Waals surface area contributed by atoms with Crippen LogP contribution in [0.4, 0.5) is 5.69 Å². The molecule has 7 nitrogen and oxygen atoms in total. The van der Waals surface area contributed by atoms with E-state index < -0.39 is 0 Å². The Balaban J connectivity index is 1.44. The van der Waals surface area contributed by atoms with E-state index >= 15 is 0 Å². The molecule has 0 bridgehead atoms. The third-order valence-electron chi connectivity index (χ3n) is 4.70. The Morgan fingerprint density at radius 3 is 1.52 bits per heavy atom. The fourth-order valence-electron chi connectivity index (χ4n) is 3.11. The van der Waals surface area contributed by atoms with Crippen LogP contribution in [0.1, 0.15) is 0 Å². The molecule has 0 amide bonds. The van der Waals surface area contributed by atoms with Crippen LogP contribution in [0.2, 0.25) is 20.1 Å². The summed E-state index contributed by atoms with van der Waals surface area (Å²) in [5, 5.41) is 18.1. The maximum absolute atomic E-state index is 6.25. The predicted octanol–water partition coefficient (Wildman–Crippen LogP) is 7.32. The molecule has 0 atom stereocenters. The minimum atomic E-state index is 0.235. The Labute approximate surface area is 207 Å². The monoisotopic (exact) mass is 517 g/mol. The molecular formula is C22H11Cl4N5O2. The van der Waals surface area contributed by atoms with E-state index in [1.54, 1.807) is 54.6 Å². The van der Waals surface area contributed by atoms with Crippen molar-refractivity contribution in [3.8, 4) is 45.8 Å². The molecule has 2 heterocycles. The Bertz CT molecular complexity index is 1500. The SMILES string of the molecule is Nc1cc(-c2nnc(-c3ccc(Cl)cc3Cl)o2)ccc1-c1nnc(-c2ccc(Cl)cc2Cl)o1. The highest BCUT2D eigenvalue weighted by atomic mass is 35.5. The summed E-state index contributed by atoms with van der Waals surface area (Å²) in [6.07, 6.45) is 0. The Morgan fingerprint density at radius 2 is 1.00 bits per heavy atom. The van der Waals surface area contributed by atoms with Crippen LogP contribution < -0.4 is 5.73 Å². The van der Waals surface area contributed by atoms with Crippen molar-refractivity contribution in [2.45, 2.75) is 0 Å². The van der Waals surface area contributed by atoms with Gasteiger partial charge in [-0.2, -0.15) is 0 Å². The number of rotatable bonds is 4. The first-order chi connectivity index (χ1) is 15.9. The second-order valence-corrected chi connectivity index (χ2v) is 8.56. The van der Waals surface area contributed by atoms with E-state index in [1.807, 2.05) is 0 Å².